The second-order valence-electron chi connectivity index (χ2n) is 2.18. The van der Waals surface area contributed by atoms with Gasteiger partial charge in [-0.05, 0) is 0 Å². The van der Waals surface area contributed by atoms with E-state index in [1.807, 2.05) is 25.6 Å². The second-order valence-corrected chi connectivity index (χ2v) is 3.41. The van der Waals surface area contributed by atoms with E-state index in [0.717, 1.165) is 13.1 Å². The molecule has 0 aromatic rings. The summed E-state index contributed by atoms with van der Waals surface area (Å²) in [6.07, 6.45) is 0. The van der Waals surface area contributed by atoms with Crippen molar-refractivity contribution in [2.75, 3.05) is 31.6 Å². The molecule has 1 heterocycles. The van der Waals surface area contributed by atoms with E-state index in [-0.39, 0.29) is 0 Å². The minimum Gasteiger partial charge on any atom is -0.370 e. The van der Waals surface area contributed by atoms with Crippen LogP contribution in [0.3, 0.4) is 0 Å². The van der Waals surface area contributed by atoms with Crippen molar-refractivity contribution in [1.82, 2.24) is 4.90 Å². The Morgan fingerprint density at radius 1 is 1.33 bits per heavy atom. The largest absolute Gasteiger partial charge is 0.370 e. The Balaban J connectivity index is 0.000000561. The molecular formula is C8H19N3S. The molecule has 4 heteroatoms. The Morgan fingerprint density at radius 3 is 2.25 bits per heavy atom. The van der Waals surface area contributed by atoms with Crippen LogP contribution in [-0.2, 0) is 0 Å². The van der Waals surface area contributed by atoms with E-state index in [9.17, 15) is 0 Å². The molecule has 0 bridgehead atoms. The lowest BCUT2D eigenvalue weighted by Crippen LogP contribution is -2.42. The molecule has 1 rings (SSSR count). The van der Waals surface area contributed by atoms with Gasteiger partial charge in [-0.1, -0.05) is 13.8 Å². The van der Waals surface area contributed by atoms with Crippen molar-refractivity contribution in [1.29, 1.82) is 0 Å². The van der Waals surface area contributed by atoms with E-state index in [1.54, 1.807) is 7.05 Å². The van der Waals surface area contributed by atoms with Crippen LogP contribution in [0.4, 0.5) is 0 Å². The molecule has 1 aliphatic heterocycles. The quantitative estimate of drug-likeness (QED) is 0.457. The standard InChI is InChI=1S/C6H13N3S.C2H6/c1-8-6(7)9-2-4-10-5-3-9;1-2/h2-5H2,1H3,(H2,7,8);1-2H3. The second kappa shape index (κ2) is 7.28. The van der Waals surface area contributed by atoms with Gasteiger partial charge in [0.15, 0.2) is 5.96 Å². The molecule has 0 radical (unpaired) electrons. The maximum absolute atomic E-state index is 5.61. The number of thioether (sulfide) groups is 1. The van der Waals surface area contributed by atoms with Crippen molar-refractivity contribution in [3.8, 4) is 0 Å². The predicted molar refractivity (Wildman–Crippen MR) is 57.8 cm³/mol. The van der Waals surface area contributed by atoms with Gasteiger partial charge in [-0.2, -0.15) is 11.8 Å². The molecule has 0 aliphatic carbocycles. The van der Waals surface area contributed by atoms with E-state index in [2.05, 4.69) is 9.89 Å². The first-order valence-corrected chi connectivity index (χ1v) is 5.55. The molecule has 0 saturated carbocycles. The molecule has 0 aromatic heterocycles. The lowest BCUT2D eigenvalue weighted by atomic mass is 10.5. The number of hydrogen-bond donors (Lipinski definition) is 1. The zero-order valence-corrected chi connectivity index (χ0v) is 9.02. The molecule has 3 nitrogen and oxygen atoms in total. The maximum Gasteiger partial charge on any atom is 0.191 e. The Hall–Kier alpha value is -0.380. The third-order valence-electron chi connectivity index (χ3n) is 1.56. The number of aliphatic imine (C=N–C) groups is 1. The number of guanidine groups is 1. The average molecular weight is 189 g/mol. The maximum atomic E-state index is 5.61. The van der Waals surface area contributed by atoms with Crippen LogP contribution in [0.1, 0.15) is 13.8 Å². The van der Waals surface area contributed by atoms with Gasteiger partial charge in [-0.15, -0.1) is 0 Å². The molecule has 1 saturated heterocycles. The highest BCUT2D eigenvalue weighted by molar-refractivity contribution is 7.99. The van der Waals surface area contributed by atoms with Gasteiger partial charge in [0.2, 0.25) is 0 Å². The number of rotatable bonds is 0. The first-order valence-electron chi connectivity index (χ1n) is 4.39. The van der Waals surface area contributed by atoms with E-state index < -0.39 is 0 Å². The van der Waals surface area contributed by atoms with Crippen LogP contribution in [0.15, 0.2) is 4.99 Å². The van der Waals surface area contributed by atoms with E-state index in [1.165, 1.54) is 11.5 Å². The summed E-state index contributed by atoms with van der Waals surface area (Å²) in [5, 5.41) is 0. The molecule has 72 valence electrons. The summed E-state index contributed by atoms with van der Waals surface area (Å²) in [6.45, 7) is 6.10. The van der Waals surface area contributed by atoms with Gasteiger partial charge in [-0.25, -0.2) is 0 Å². The molecule has 0 atom stereocenters. The Morgan fingerprint density at radius 2 is 1.83 bits per heavy atom. The van der Waals surface area contributed by atoms with Gasteiger partial charge in [0, 0.05) is 31.6 Å². The third-order valence-corrected chi connectivity index (χ3v) is 2.51. The van der Waals surface area contributed by atoms with Crippen molar-refractivity contribution >= 4 is 17.7 Å². The van der Waals surface area contributed by atoms with Crippen molar-refractivity contribution in [2.24, 2.45) is 10.7 Å². The van der Waals surface area contributed by atoms with E-state index in [0.29, 0.717) is 5.96 Å². The Bertz CT molecular complexity index is 130. The zero-order chi connectivity index (χ0) is 9.40. The molecule has 0 spiro atoms. The number of hydrogen-bond acceptors (Lipinski definition) is 2. The molecule has 1 aliphatic rings. The summed E-state index contributed by atoms with van der Waals surface area (Å²) in [7, 11) is 1.73. The van der Waals surface area contributed by atoms with Gasteiger partial charge in [0.1, 0.15) is 0 Å². The van der Waals surface area contributed by atoms with Crippen LogP contribution in [0, 0.1) is 0 Å². The summed E-state index contributed by atoms with van der Waals surface area (Å²) >= 11 is 1.97. The van der Waals surface area contributed by atoms with Gasteiger partial charge in [0.25, 0.3) is 0 Å². The molecule has 0 aromatic carbocycles. The molecule has 1 fully saturated rings. The van der Waals surface area contributed by atoms with Gasteiger partial charge >= 0.3 is 0 Å². The van der Waals surface area contributed by atoms with Crippen molar-refractivity contribution < 1.29 is 0 Å². The van der Waals surface area contributed by atoms with Gasteiger partial charge in [0.05, 0.1) is 0 Å². The third kappa shape index (κ3) is 3.85. The highest BCUT2D eigenvalue weighted by atomic mass is 32.2. The SMILES string of the molecule is CC.CN=C(N)N1CCSCC1. The number of nitrogens with two attached hydrogens (primary N) is 1. The minimum atomic E-state index is 0.681. The van der Waals surface area contributed by atoms with Crippen molar-refractivity contribution in [2.45, 2.75) is 13.8 Å². The first-order chi connectivity index (χ1) is 5.84. The van der Waals surface area contributed by atoms with Crippen LogP contribution in [-0.4, -0.2) is 42.5 Å². The molecule has 2 N–H and O–H groups in total. The fourth-order valence-electron chi connectivity index (χ4n) is 0.934. The van der Waals surface area contributed by atoms with Crippen LogP contribution >= 0.6 is 11.8 Å². The normalized spacial score (nSPS) is 18.2. The molecule has 12 heavy (non-hydrogen) atoms. The monoisotopic (exact) mass is 189 g/mol. The highest BCUT2D eigenvalue weighted by Crippen LogP contribution is 2.07. The Kier molecular flexibility index (Phi) is 7.05. The zero-order valence-electron chi connectivity index (χ0n) is 8.21. The molecule has 0 amide bonds. The van der Waals surface area contributed by atoms with Crippen LogP contribution in [0.25, 0.3) is 0 Å². The topological polar surface area (TPSA) is 41.6 Å². The molecule has 0 unspecified atom stereocenters. The van der Waals surface area contributed by atoms with Crippen molar-refractivity contribution in [3.05, 3.63) is 0 Å². The fourth-order valence-corrected chi connectivity index (χ4v) is 1.84. The van der Waals surface area contributed by atoms with Crippen LogP contribution in [0.2, 0.25) is 0 Å². The van der Waals surface area contributed by atoms with E-state index in [4.69, 9.17) is 5.73 Å². The number of nitrogens with zero attached hydrogens (tertiary/aromatic N) is 2. The Labute approximate surface area is 79.4 Å². The minimum absolute atomic E-state index is 0.681. The van der Waals surface area contributed by atoms with Gasteiger partial charge in [-0.3, -0.25) is 4.99 Å². The summed E-state index contributed by atoms with van der Waals surface area (Å²) in [4.78, 5) is 6.04. The summed E-state index contributed by atoms with van der Waals surface area (Å²) in [6, 6.07) is 0. The highest BCUT2D eigenvalue weighted by Gasteiger charge is 2.10. The lowest BCUT2D eigenvalue weighted by Gasteiger charge is -2.26. The van der Waals surface area contributed by atoms with Crippen LogP contribution in [0.5, 0.6) is 0 Å². The smallest absolute Gasteiger partial charge is 0.191 e. The fraction of sp³-hybridized carbons (Fsp3) is 0.875. The van der Waals surface area contributed by atoms with Gasteiger partial charge < -0.3 is 10.6 Å². The van der Waals surface area contributed by atoms with Crippen molar-refractivity contribution in [3.63, 3.8) is 0 Å². The molecular weight excluding hydrogens is 170 g/mol. The predicted octanol–water partition coefficient (Wildman–Crippen LogP) is 1.01. The average Bonchev–Trinajstić information content (AvgIpc) is 2.21. The first kappa shape index (κ1) is 11.6. The van der Waals surface area contributed by atoms with Crippen LogP contribution < -0.4 is 5.73 Å². The van der Waals surface area contributed by atoms with E-state index >= 15 is 0 Å². The summed E-state index contributed by atoms with van der Waals surface area (Å²) in [5.41, 5.74) is 5.61. The lowest BCUT2D eigenvalue weighted by molar-refractivity contribution is 0.457. The summed E-state index contributed by atoms with van der Waals surface area (Å²) < 4.78 is 0. The summed E-state index contributed by atoms with van der Waals surface area (Å²) in [5.74, 6) is 3.03.